The summed E-state index contributed by atoms with van der Waals surface area (Å²) in [4.78, 5) is 33.7. The summed E-state index contributed by atoms with van der Waals surface area (Å²) in [5, 5.41) is 0. The van der Waals surface area contributed by atoms with Crippen molar-refractivity contribution in [3.05, 3.63) is 35.4 Å². The number of benzene rings is 1. The lowest BCUT2D eigenvalue weighted by Crippen LogP contribution is -2.16. The molecule has 0 aromatic heterocycles. The third-order valence-electron chi connectivity index (χ3n) is 3.00. The summed E-state index contributed by atoms with van der Waals surface area (Å²) in [6.07, 6.45) is -3.50. The van der Waals surface area contributed by atoms with E-state index in [4.69, 9.17) is 0 Å². The normalized spacial score (nSPS) is 12.0. The molecule has 4 nitrogen and oxygen atoms in total. The Kier molecular flexibility index (Phi) is 6.14. The Hall–Kier alpha value is -2.11. The second-order valence-corrected chi connectivity index (χ2v) is 4.69. The van der Waals surface area contributed by atoms with Crippen molar-refractivity contribution >= 4 is 17.5 Å². The van der Waals surface area contributed by atoms with Gasteiger partial charge in [-0.1, -0.05) is 31.2 Å². The first-order valence-electron chi connectivity index (χ1n) is 6.36. The molecule has 1 unspecified atom stereocenters. The number of carbonyl (C=O) groups excluding carboxylic acids is 3. The quantitative estimate of drug-likeness (QED) is 0.441. The van der Waals surface area contributed by atoms with E-state index in [1.54, 1.807) is 19.1 Å². The Balaban J connectivity index is 2.67. The molecule has 0 N–H and O–H groups in total. The molecule has 1 aromatic carbocycles. The maximum atomic E-state index is 12.1. The molecular weight excluding hydrogens is 282 g/mol. The molecule has 1 aromatic rings. The fourth-order valence-corrected chi connectivity index (χ4v) is 1.80. The van der Waals surface area contributed by atoms with Gasteiger partial charge in [-0.3, -0.25) is 14.4 Å². The zero-order valence-electron chi connectivity index (χ0n) is 11.8. The first-order chi connectivity index (χ1) is 9.85. The monoisotopic (exact) mass is 298 g/mol. The lowest BCUT2D eigenvalue weighted by atomic mass is 9.98. The van der Waals surface area contributed by atoms with Crippen molar-refractivity contribution in [3.63, 3.8) is 0 Å². The Morgan fingerprint density at radius 1 is 1.14 bits per heavy atom. The van der Waals surface area contributed by atoms with Crippen LogP contribution >= 0.6 is 0 Å². The fraction of sp³-hybridized carbons (Fsp3) is 0.400. The number of ketones is 2. The van der Waals surface area contributed by atoms with Crippen molar-refractivity contribution < 1.29 is 27.9 Å². The van der Waals surface area contributed by atoms with Gasteiger partial charge in [0.2, 0.25) is 5.78 Å². The summed E-state index contributed by atoms with van der Waals surface area (Å²) in [6.45, 7) is 1.71. The lowest BCUT2D eigenvalue weighted by molar-refractivity contribution is -0.144. The SMILES string of the molecule is COC(=O)C(C)Cc1ccc(C(=O)CC(=O)C(F)F)cc1. The summed E-state index contributed by atoms with van der Waals surface area (Å²) in [5.41, 5.74) is 1.00. The number of hydrogen-bond acceptors (Lipinski definition) is 4. The fourth-order valence-electron chi connectivity index (χ4n) is 1.80. The Morgan fingerprint density at radius 2 is 1.71 bits per heavy atom. The average Bonchev–Trinajstić information content (AvgIpc) is 2.46. The standard InChI is InChI=1S/C15H16F2O4/c1-9(15(20)21-2)7-10-3-5-11(6-4-10)12(18)8-13(19)14(16)17/h3-6,9,14H,7-8H2,1-2H3. The molecule has 1 atom stereocenters. The first kappa shape index (κ1) is 16.9. The Labute approximate surface area is 121 Å². The van der Waals surface area contributed by atoms with Crippen LogP contribution in [0.2, 0.25) is 0 Å². The van der Waals surface area contributed by atoms with E-state index >= 15 is 0 Å². The number of carbonyl (C=O) groups is 3. The smallest absolute Gasteiger partial charge is 0.308 e. The topological polar surface area (TPSA) is 60.4 Å². The zero-order valence-corrected chi connectivity index (χ0v) is 11.8. The third-order valence-corrected chi connectivity index (χ3v) is 3.00. The summed E-state index contributed by atoms with van der Waals surface area (Å²) < 4.78 is 28.8. The van der Waals surface area contributed by atoms with Crippen molar-refractivity contribution in [2.45, 2.75) is 26.2 Å². The van der Waals surface area contributed by atoms with Crippen LogP contribution in [0.3, 0.4) is 0 Å². The number of ether oxygens (including phenoxy) is 1. The van der Waals surface area contributed by atoms with Gasteiger partial charge in [-0.15, -0.1) is 0 Å². The molecule has 0 aliphatic heterocycles. The van der Waals surface area contributed by atoms with Gasteiger partial charge < -0.3 is 4.74 Å². The van der Waals surface area contributed by atoms with E-state index in [-0.39, 0.29) is 17.5 Å². The van der Waals surface area contributed by atoms with Crippen molar-refractivity contribution in [1.82, 2.24) is 0 Å². The molecule has 0 fully saturated rings. The van der Waals surface area contributed by atoms with Crippen LogP contribution in [0, 0.1) is 5.92 Å². The molecule has 114 valence electrons. The maximum absolute atomic E-state index is 12.1. The summed E-state index contributed by atoms with van der Waals surface area (Å²) in [7, 11) is 1.31. The lowest BCUT2D eigenvalue weighted by Gasteiger charge is -2.09. The first-order valence-corrected chi connectivity index (χ1v) is 6.36. The van der Waals surface area contributed by atoms with E-state index in [0.717, 1.165) is 5.56 Å². The van der Waals surface area contributed by atoms with Crippen LogP contribution in [0.4, 0.5) is 8.78 Å². The average molecular weight is 298 g/mol. The van der Waals surface area contributed by atoms with Gasteiger partial charge in [-0.25, -0.2) is 8.78 Å². The number of alkyl halides is 2. The van der Waals surface area contributed by atoms with Gasteiger partial charge >= 0.3 is 5.97 Å². The second kappa shape index (κ2) is 7.61. The summed E-state index contributed by atoms with van der Waals surface area (Å²) in [6, 6.07) is 6.17. The molecule has 6 heteroatoms. The third kappa shape index (κ3) is 5.06. The highest BCUT2D eigenvalue weighted by atomic mass is 19.3. The van der Waals surface area contributed by atoms with Crippen molar-refractivity contribution in [2.75, 3.05) is 7.11 Å². The summed E-state index contributed by atoms with van der Waals surface area (Å²) >= 11 is 0. The van der Waals surface area contributed by atoms with Gasteiger partial charge in [0.1, 0.15) is 0 Å². The van der Waals surface area contributed by atoms with Crippen molar-refractivity contribution in [3.8, 4) is 0 Å². The van der Waals surface area contributed by atoms with Crippen LogP contribution < -0.4 is 0 Å². The van der Waals surface area contributed by atoms with E-state index in [0.29, 0.717) is 6.42 Å². The second-order valence-electron chi connectivity index (χ2n) is 4.69. The molecule has 21 heavy (non-hydrogen) atoms. The van der Waals surface area contributed by atoms with Gasteiger partial charge in [0.05, 0.1) is 19.4 Å². The van der Waals surface area contributed by atoms with E-state index in [2.05, 4.69) is 4.74 Å². The number of methoxy groups -OCH3 is 1. The van der Waals surface area contributed by atoms with Gasteiger partial charge in [0.25, 0.3) is 6.43 Å². The minimum Gasteiger partial charge on any atom is -0.469 e. The number of hydrogen-bond donors (Lipinski definition) is 0. The Bertz CT molecular complexity index is 523. The van der Waals surface area contributed by atoms with E-state index < -0.39 is 24.4 Å². The molecule has 0 heterocycles. The number of rotatable bonds is 7. The molecule has 0 spiro atoms. The van der Waals surface area contributed by atoms with Crippen LogP contribution in [0.5, 0.6) is 0 Å². The molecule has 0 saturated heterocycles. The van der Waals surface area contributed by atoms with Crippen LogP contribution in [-0.4, -0.2) is 31.1 Å². The maximum Gasteiger partial charge on any atom is 0.308 e. The molecule has 0 aliphatic carbocycles. The van der Waals surface area contributed by atoms with E-state index in [1.807, 2.05) is 0 Å². The van der Waals surface area contributed by atoms with Gasteiger partial charge in [0.15, 0.2) is 5.78 Å². The minimum atomic E-state index is -3.13. The van der Waals surface area contributed by atoms with Gasteiger partial charge in [0, 0.05) is 5.56 Å². The highest BCUT2D eigenvalue weighted by molar-refractivity contribution is 6.08. The van der Waals surface area contributed by atoms with E-state index in [9.17, 15) is 23.2 Å². The summed E-state index contributed by atoms with van der Waals surface area (Å²) in [5.74, 6) is -2.69. The Morgan fingerprint density at radius 3 is 2.19 bits per heavy atom. The number of Topliss-reactive ketones (excluding diaryl/α,β-unsaturated/α-hetero) is 2. The van der Waals surface area contributed by atoms with Gasteiger partial charge in [-0.05, 0) is 12.0 Å². The highest BCUT2D eigenvalue weighted by Crippen LogP contribution is 2.13. The molecule has 0 bridgehead atoms. The molecule has 0 amide bonds. The van der Waals surface area contributed by atoms with Crippen LogP contribution in [0.25, 0.3) is 0 Å². The van der Waals surface area contributed by atoms with Gasteiger partial charge in [-0.2, -0.15) is 0 Å². The molecule has 1 rings (SSSR count). The molecule has 0 saturated carbocycles. The van der Waals surface area contributed by atoms with Crippen LogP contribution in [0.15, 0.2) is 24.3 Å². The largest absolute Gasteiger partial charge is 0.469 e. The zero-order chi connectivity index (χ0) is 16.0. The molecule has 0 aliphatic rings. The van der Waals surface area contributed by atoms with Crippen LogP contribution in [-0.2, 0) is 20.7 Å². The predicted octanol–water partition coefficient (Wildman–Crippen LogP) is 2.45. The minimum absolute atomic E-state index is 0.193. The number of halogens is 2. The molecular formula is C15H16F2O4. The molecule has 0 radical (unpaired) electrons. The van der Waals surface area contributed by atoms with Crippen LogP contribution in [0.1, 0.15) is 29.3 Å². The van der Waals surface area contributed by atoms with Crippen molar-refractivity contribution in [2.24, 2.45) is 5.92 Å². The predicted molar refractivity (Wildman–Crippen MR) is 71.3 cm³/mol. The number of esters is 1. The van der Waals surface area contributed by atoms with Crippen molar-refractivity contribution in [1.29, 1.82) is 0 Å². The van der Waals surface area contributed by atoms with E-state index in [1.165, 1.54) is 19.2 Å². The highest BCUT2D eigenvalue weighted by Gasteiger charge is 2.20.